The Morgan fingerprint density at radius 3 is 2.69 bits per heavy atom. The third kappa shape index (κ3) is 2.52. The molecule has 1 saturated carbocycles. The van der Waals surface area contributed by atoms with Crippen molar-refractivity contribution in [3.05, 3.63) is 17.1 Å². The summed E-state index contributed by atoms with van der Waals surface area (Å²) >= 11 is 1.54. The molecule has 0 amide bonds. The quantitative estimate of drug-likeness (QED) is 0.644. The van der Waals surface area contributed by atoms with E-state index in [9.17, 15) is 4.79 Å². The van der Waals surface area contributed by atoms with Crippen LogP contribution in [-0.4, -0.2) is 26.8 Å². The van der Waals surface area contributed by atoms with Crippen molar-refractivity contribution in [3.8, 4) is 0 Å². The third-order valence-electron chi connectivity index (χ3n) is 2.54. The van der Waals surface area contributed by atoms with Gasteiger partial charge >= 0.3 is 5.97 Å². The minimum atomic E-state index is -0.934. The van der Waals surface area contributed by atoms with E-state index in [0.717, 1.165) is 11.7 Å². The topological polar surface area (TPSA) is 63.1 Å². The van der Waals surface area contributed by atoms with Crippen LogP contribution in [0.1, 0.15) is 34.7 Å². The van der Waals surface area contributed by atoms with E-state index in [0.29, 0.717) is 16.5 Å². The second-order valence-corrected chi connectivity index (χ2v) is 5.10. The number of carboxylic acid groups (broad SMARTS) is 1. The van der Waals surface area contributed by atoms with Gasteiger partial charge in [0.25, 0.3) is 0 Å². The fourth-order valence-electron chi connectivity index (χ4n) is 1.51. The summed E-state index contributed by atoms with van der Waals surface area (Å²) in [6, 6.07) is 0. The van der Waals surface area contributed by atoms with Crippen molar-refractivity contribution in [3.63, 3.8) is 0 Å². The van der Waals surface area contributed by atoms with Crippen LogP contribution in [0.5, 0.6) is 0 Å². The smallest absolute Gasteiger partial charge is 0.340 e. The molecule has 1 fully saturated rings. The summed E-state index contributed by atoms with van der Waals surface area (Å²) in [6.45, 7) is 3.51. The summed E-state index contributed by atoms with van der Waals surface area (Å²) in [5, 5.41) is 9.74. The molecular weight excluding hydrogens is 224 g/mol. The summed E-state index contributed by atoms with van der Waals surface area (Å²) in [7, 11) is 0. The zero-order valence-corrected chi connectivity index (χ0v) is 10.2. The molecule has 1 aliphatic carbocycles. The summed E-state index contributed by atoms with van der Waals surface area (Å²) in [6.07, 6.45) is 2.52. The molecule has 0 aliphatic heterocycles. The van der Waals surface area contributed by atoms with Gasteiger partial charge in [0.15, 0.2) is 0 Å². The number of hydrogen-bond donors (Lipinski definition) is 1. The van der Waals surface area contributed by atoms with Gasteiger partial charge in [-0.3, -0.25) is 0 Å². The van der Waals surface area contributed by atoms with Gasteiger partial charge in [0.1, 0.15) is 16.4 Å². The number of rotatable bonds is 4. The maximum absolute atomic E-state index is 11.1. The predicted octanol–water partition coefficient (Wildman–Crippen LogP) is 2.29. The van der Waals surface area contributed by atoms with Crippen molar-refractivity contribution >= 4 is 17.7 Å². The molecule has 0 atom stereocenters. The van der Waals surface area contributed by atoms with E-state index >= 15 is 0 Å². The first-order valence-corrected chi connectivity index (χ1v) is 6.28. The summed E-state index contributed by atoms with van der Waals surface area (Å²) in [5.41, 5.74) is 0.814. The average Bonchev–Trinajstić information content (AvgIpc) is 2.95. The minimum absolute atomic E-state index is 0.260. The van der Waals surface area contributed by atoms with Crippen molar-refractivity contribution < 1.29 is 9.90 Å². The largest absolute Gasteiger partial charge is 0.478 e. The number of aromatic carboxylic acids is 1. The molecule has 2 rings (SSSR count). The van der Waals surface area contributed by atoms with Crippen LogP contribution in [0, 0.1) is 19.8 Å². The average molecular weight is 238 g/mol. The highest BCUT2D eigenvalue weighted by Crippen LogP contribution is 2.35. The van der Waals surface area contributed by atoms with E-state index in [1.165, 1.54) is 12.8 Å². The van der Waals surface area contributed by atoms with Crippen molar-refractivity contribution in [2.24, 2.45) is 5.92 Å². The Kier molecular flexibility index (Phi) is 3.14. The van der Waals surface area contributed by atoms with Gasteiger partial charge in [0, 0.05) is 5.75 Å². The Bertz CT molecular complexity index is 430. The maximum atomic E-state index is 11.1. The fourth-order valence-corrected chi connectivity index (χ4v) is 2.82. The highest BCUT2D eigenvalue weighted by Gasteiger charge is 2.24. The molecule has 86 valence electrons. The first-order chi connectivity index (χ1) is 7.58. The Hall–Kier alpha value is -1.10. The number of aromatic nitrogens is 2. The molecule has 16 heavy (non-hydrogen) atoms. The van der Waals surface area contributed by atoms with Crippen LogP contribution in [-0.2, 0) is 0 Å². The van der Waals surface area contributed by atoms with E-state index in [1.54, 1.807) is 25.6 Å². The van der Waals surface area contributed by atoms with E-state index in [1.807, 2.05) is 0 Å². The van der Waals surface area contributed by atoms with Gasteiger partial charge in [-0.15, -0.1) is 11.8 Å². The summed E-state index contributed by atoms with van der Waals surface area (Å²) in [5.74, 6) is 1.43. The van der Waals surface area contributed by atoms with Gasteiger partial charge in [-0.1, -0.05) is 0 Å². The Morgan fingerprint density at radius 2 is 2.12 bits per heavy atom. The molecule has 1 N–H and O–H groups in total. The second kappa shape index (κ2) is 4.41. The van der Waals surface area contributed by atoms with Crippen LogP contribution in [0.25, 0.3) is 0 Å². The Labute approximate surface area is 98.5 Å². The molecular formula is C11H14N2O2S. The van der Waals surface area contributed by atoms with Crippen LogP contribution in [0.15, 0.2) is 5.03 Å². The zero-order chi connectivity index (χ0) is 11.7. The second-order valence-electron chi connectivity index (χ2n) is 4.10. The number of aryl methyl sites for hydroxylation is 2. The molecule has 0 unspecified atom stereocenters. The molecule has 0 saturated heterocycles. The number of thioether (sulfide) groups is 1. The van der Waals surface area contributed by atoms with Gasteiger partial charge in [0.05, 0.1) is 5.69 Å². The Balaban J connectivity index is 2.27. The van der Waals surface area contributed by atoms with Crippen molar-refractivity contribution in [1.82, 2.24) is 9.97 Å². The normalized spacial score (nSPS) is 15.1. The summed E-state index contributed by atoms with van der Waals surface area (Å²) < 4.78 is 0. The van der Waals surface area contributed by atoms with Crippen LogP contribution >= 0.6 is 11.8 Å². The predicted molar refractivity (Wildman–Crippen MR) is 61.9 cm³/mol. The first kappa shape index (κ1) is 11.4. The van der Waals surface area contributed by atoms with Crippen LogP contribution in [0.3, 0.4) is 0 Å². The molecule has 1 aliphatic rings. The van der Waals surface area contributed by atoms with Gasteiger partial charge in [0.2, 0.25) is 0 Å². The van der Waals surface area contributed by atoms with E-state index in [4.69, 9.17) is 5.11 Å². The highest BCUT2D eigenvalue weighted by atomic mass is 32.2. The number of nitrogens with zero attached hydrogens (tertiary/aromatic N) is 2. The molecule has 4 nitrogen and oxygen atoms in total. The van der Waals surface area contributed by atoms with Crippen LogP contribution < -0.4 is 0 Å². The van der Waals surface area contributed by atoms with E-state index in [2.05, 4.69) is 9.97 Å². The lowest BCUT2D eigenvalue weighted by Crippen LogP contribution is -2.08. The lowest BCUT2D eigenvalue weighted by molar-refractivity contribution is 0.0690. The number of hydrogen-bond acceptors (Lipinski definition) is 4. The zero-order valence-electron chi connectivity index (χ0n) is 9.36. The molecule has 1 heterocycles. The van der Waals surface area contributed by atoms with Gasteiger partial charge < -0.3 is 5.11 Å². The van der Waals surface area contributed by atoms with Gasteiger partial charge in [-0.2, -0.15) is 0 Å². The van der Waals surface area contributed by atoms with E-state index < -0.39 is 5.97 Å². The summed E-state index contributed by atoms with van der Waals surface area (Å²) in [4.78, 5) is 19.4. The van der Waals surface area contributed by atoms with Crippen LogP contribution in [0.2, 0.25) is 0 Å². The Morgan fingerprint density at radius 1 is 1.44 bits per heavy atom. The highest BCUT2D eigenvalue weighted by molar-refractivity contribution is 7.99. The van der Waals surface area contributed by atoms with Crippen molar-refractivity contribution in [1.29, 1.82) is 0 Å². The first-order valence-electron chi connectivity index (χ1n) is 5.29. The molecule has 0 radical (unpaired) electrons. The van der Waals surface area contributed by atoms with E-state index in [-0.39, 0.29) is 5.56 Å². The SMILES string of the molecule is Cc1nc(C)c(C(=O)O)c(SCC2CC2)n1. The molecule has 0 spiro atoms. The lowest BCUT2D eigenvalue weighted by atomic mass is 10.2. The number of carboxylic acids is 1. The fraction of sp³-hybridized carbons (Fsp3) is 0.545. The van der Waals surface area contributed by atoms with Crippen molar-refractivity contribution in [2.75, 3.05) is 5.75 Å². The molecule has 1 aromatic heterocycles. The molecule has 0 aromatic carbocycles. The molecule has 5 heteroatoms. The lowest BCUT2D eigenvalue weighted by Gasteiger charge is -2.07. The minimum Gasteiger partial charge on any atom is -0.478 e. The van der Waals surface area contributed by atoms with Gasteiger partial charge in [-0.25, -0.2) is 14.8 Å². The molecule has 1 aromatic rings. The third-order valence-corrected chi connectivity index (χ3v) is 3.74. The van der Waals surface area contributed by atoms with Crippen molar-refractivity contribution in [2.45, 2.75) is 31.7 Å². The standard InChI is InChI=1S/C11H14N2O2S/c1-6-9(11(14)15)10(13-7(2)12-6)16-5-8-3-4-8/h8H,3-5H2,1-2H3,(H,14,15). The maximum Gasteiger partial charge on any atom is 0.340 e. The monoisotopic (exact) mass is 238 g/mol. The molecule has 0 bridgehead atoms. The number of carbonyl (C=O) groups is 1. The van der Waals surface area contributed by atoms with Crippen LogP contribution in [0.4, 0.5) is 0 Å². The van der Waals surface area contributed by atoms with Gasteiger partial charge in [-0.05, 0) is 32.6 Å².